The molecule has 0 unspecified atom stereocenters. The van der Waals surface area contributed by atoms with Crippen LogP contribution in [0.2, 0.25) is 0 Å². The van der Waals surface area contributed by atoms with Crippen molar-refractivity contribution in [1.82, 2.24) is 10.0 Å². The van der Waals surface area contributed by atoms with Crippen molar-refractivity contribution in [2.75, 3.05) is 0 Å². The van der Waals surface area contributed by atoms with Crippen molar-refractivity contribution in [3.8, 4) is 0 Å². The van der Waals surface area contributed by atoms with Crippen LogP contribution in [0.25, 0.3) is 0 Å². The molecule has 0 radical (unpaired) electrons. The lowest BCUT2D eigenvalue weighted by atomic mass is 10.2. The third kappa shape index (κ3) is 5.51. The van der Waals surface area contributed by atoms with Crippen LogP contribution in [-0.2, 0) is 22.3 Å². The Balaban J connectivity index is 1.36. The number of amides is 1. The van der Waals surface area contributed by atoms with E-state index in [1.54, 1.807) is 47.4 Å². The van der Waals surface area contributed by atoms with Crippen LogP contribution in [0.15, 0.2) is 75.8 Å². The summed E-state index contributed by atoms with van der Waals surface area (Å²) in [6.45, 7) is 0.332. The Kier molecular flexibility index (Phi) is 6.58. The topological polar surface area (TPSA) is 75.3 Å². The third-order valence-electron chi connectivity index (χ3n) is 4.67. The zero-order chi connectivity index (χ0) is 21.0. The number of benzene rings is 2. The van der Waals surface area contributed by atoms with Gasteiger partial charge >= 0.3 is 0 Å². The van der Waals surface area contributed by atoms with Gasteiger partial charge in [0.2, 0.25) is 10.0 Å². The third-order valence-corrected chi connectivity index (χ3v) is 8.39. The molecule has 30 heavy (non-hydrogen) atoms. The number of rotatable bonds is 9. The average Bonchev–Trinajstić information content (AvgIpc) is 3.39. The van der Waals surface area contributed by atoms with Gasteiger partial charge in [0, 0.05) is 28.1 Å². The summed E-state index contributed by atoms with van der Waals surface area (Å²) >= 11 is 3.35. The smallest absolute Gasteiger partial charge is 0.252 e. The fraction of sp³-hybridized carbons (Fsp3) is 0.227. The fourth-order valence-electron chi connectivity index (χ4n) is 2.88. The van der Waals surface area contributed by atoms with Crippen LogP contribution in [0.1, 0.15) is 33.6 Å². The molecular formula is C22H22N2O3S3. The quantitative estimate of drug-likeness (QED) is 0.466. The van der Waals surface area contributed by atoms with Crippen LogP contribution >= 0.6 is 23.1 Å². The average molecular weight is 459 g/mol. The van der Waals surface area contributed by atoms with Gasteiger partial charge in [0.15, 0.2) is 0 Å². The van der Waals surface area contributed by atoms with E-state index in [9.17, 15) is 13.2 Å². The van der Waals surface area contributed by atoms with Crippen LogP contribution < -0.4 is 10.0 Å². The second-order valence-corrected chi connectivity index (χ2v) is 10.8. The fourth-order valence-corrected chi connectivity index (χ4v) is 6.00. The van der Waals surface area contributed by atoms with Crippen molar-refractivity contribution in [1.29, 1.82) is 0 Å². The van der Waals surface area contributed by atoms with Crippen molar-refractivity contribution < 1.29 is 13.2 Å². The Bertz CT molecular complexity index is 1110. The highest BCUT2D eigenvalue weighted by molar-refractivity contribution is 7.98. The first kappa shape index (κ1) is 21.1. The van der Waals surface area contributed by atoms with Gasteiger partial charge in [-0.2, -0.15) is 0 Å². The SMILES string of the molecule is O=C(NCc1ccc(S(=O)(=O)NC2CC2)cc1)c1ccccc1SCc1cccs1. The van der Waals surface area contributed by atoms with Crippen molar-refractivity contribution in [2.24, 2.45) is 0 Å². The number of hydrogen-bond acceptors (Lipinski definition) is 5. The lowest BCUT2D eigenvalue weighted by Gasteiger charge is -2.10. The van der Waals surface area contributed by atoms with E-state index < -0.39 is 10.0 Å². The molecule has 1 amide bonds. The molecule has 0 saturated heterocycles. The van der Waals surface area contributed by atoms with Gasteiger partial charge in [0.25, 0.3) is 5.91 Å². The Morgan fingerprint density at radius 1 is 1.03 bits per heavy atom. The zero-order valence-corrected chi connectivity index (χ0v) is 18.7. The summed E-state index contributed by atoms with van der Waals surface area (Å²) in [4.78, 5) is 15.2. The van der Waals surface area contributed by atoms with Gasteiger partial charge in [-0.3, -0.25) is 4.79 Å². The Morgan fingerprint density at radius 3 is 2.50 bits per heavy atom. The van der Waals surface area contributed by atoms with Crippen molar-refractivity contribution in [2.45, 2.75) is 41.0 Å². The molecule has 2 N–H and O–H groups in total. The van der Waals surface area contributed by atoms with Gasteiger partial charge in [0.05, 0.1) is 10.5 Å². The maximum atomic E-state index is 12.7. The molecule has 0 atom stereocenters. The van der Waals surface area contributed by atoms with Crippen LogP contribution in [-0.4, -0.2) is 20.4 Å². The monoisotopic (exact) mass is 458 g/mol. The highest BCUT2D eigenvalue weighted by Gasteiger charge is 2.27. The number of thiophene rings is 1. The number of sulfonamides is 1. The summed E-state index contributed by atoms with van der Waals surface area (Å²) in [6, 6.07) is 18.4. The Labute approximate surface area is 185 Å². The standard InChI is InChI=1S/C22H22N2O3S3/c25-22(20-5-1-2-6-21(20)29-15-18-4-3-13-28-18)23-14-16-7-11-19(12-8-16)30(26,27)24-17-9-10-17/h1-8,11-13,17,24H,9-10,14-15H2,(H,23,25). The predicted octanol–water partition coefficient (Wildman–Crippen LogP) is 4.41. The van der Waals surface area contributed by atoms with Crippen LogP contribution in [0.4, 0.5) is 0 Å². The lowest BCUT2D eigenvalue weighted by molar-refractivity contribution is 0.0948. The second-order valence-electron chi connectivity index (χ2n) is 7.09. The minimum Gasteiger partial charge on any atom is -0.348 e. The normalized spacial score (nSPS) is 13.9. The first-order chi connectivity index (χ1) is 14.5. The summed E-state index contributed by atoms with van der Waals surface area (Å²) in [7, 11) is -3.46. The number of nitrogens with one attached hydrogen (secondary N) is 2. The summed E-state index contributed by atoms with van der Waals surface area (Å²) in [5, 5.41) is 4.98. The second kappa shape index (κ2) is 9.34. The van der Waals surface area contributed by atoms with E-state index in [4.69, 9.17) is 0 Å². The van der Waals surface area contributed by atoms with Crippen LogP contribution in [0.3, 0.4) is 0 Å². The Morgan fingerprint density at radius 2 is 1.80 bits per heavy atom. The minimum atomic E-state index is -3.46. The molecule has 2 aromatic carbocycles. The Hall–Kier alpha value is -2.13. The maximum Gasteiger partial charge on any atom is 0.252 e. The van der Waals surface area contributed by atoms with Crippen molar-refractivity contribution in [3.63, 3.8) is 0 Å². The predicted molar refractivity (Wildman–Crippen MR) is 121 cm³/mol. The molecule has 8 heteroatoms. The molecule has 156 valence electrons. The lowest BCUT2D eigenvalue weighted by Crippen LogP contribution is -2.26. The molecular weight excluding hydrogens is 436 g/mol. The molecule has 0 spiro atoms. The molecule has 3 aromatic rings. The molecule has 1 aliphatic rings. The number of carbonyl (C=O) groups excluding carboxylic acids is 1. The molecule has 0 bridgehead atoms. The highest BCUT2D eigenvalue weighted by atomic mass is 32.2. The van der Waals surface area contributed by atoms with Gasteiger partial charge in [-0.15, -0.1) is 23.1 Å². The molecule has 1 aliphatic carbocycles. The highest BCUT2D eigenvalue weighted by Crippen LogP contribution is 2.28. The van der Waals surface area contributed by atoms with Gasteiger partial charge in [-0.1, -0.05) is 30.3 Å². The summed E-state index contributed by atoms with van der Waals surface area (Å²) in [5.41, 5.74) is 1.49. The van der Waals surface area contributed by atoms with E-state index in [-0.39, 0.29) is 16.8 Å². The number of carbonyl (C=O) groups is 1. The molecule has 1 aromatic heterocycles. The van der Waals surface area contributed by atoms with E-state index >= 15 is 0 Å². The van der Waals surface area contributed by atoms with Gasteiger partial charge in [-0.25, -0.2) is 13.1 Å². The summed E-state index contributed by atoms with van der Waals surface area (Å²) in [6.07, 6.45) is 1.80. The summed E-state index contributed by atoms with van der Waals surface area (Å²) < 4.78 is 27.2. The van der Waals surface area contributed by atoms with Crippen LogP contribution in [0, 0.1) is 0 Å². The molecule has 0 aliphatic heterocycles. The number of hydrogen-bond donors (Lipinski definition) is 2. The molecule has 4 rings (SSSR count). The van der Waals surface area contributed by atoms with Crippen molar-refractivity contribution >= 4 is 39.0 Å². The molecule has 5 nitrogen and oxygen atoms in total. The van der Waals surface area contributed by atoms with E-state index in [1.165, 1.54) is 4.88 Å². The minimum absolute atomic E-state index is 0.0757. The first-order valence-electron chi connectivity index (χ1n) is 9.65. The zero-order valence-electron chi connectivity index (χ0n) is 16.2. The van der Waals surface area contributed by atoms with Gasteiger partial charge in [0.1, 0.15) is 0 Å². The van der Waals surface area contributed by atoms with E-state index in [0.29, 0.717) is 12.1 Å². The largest absolute Gasteiger partial charge is 0.348 e. The van der Waals surface area contributed by atoms with Crippen molar-refractivity contribution in [3.05, 3.63) is 82.0 Å². The summed E-state index contributed by atoms with van der Waals surface area (Å²) in [5.74, 6) is 0.684. The first-order valence-corrected chi connectivity index (χ1v) is 13.0. The van der Waals surface area contributed by atoms with Gasteiger partial charge in [-0.05, 0) is 54.1 Å². The van der Waals surface area contributed by atoms with E-state index in [2.05, 4.69) is 16.1 Å². The molecule has 1 fully saturated rings. The molecule has 1 saturated carbocycles. The molecule has 1 heterocycles. The maximum absolute atomic E-state index is 12.7. The number of thioether (sulfide) groups is 1. The van der Waals surface area contributed by atoms with Gasteiger partial charge < -0.3 is 5.32 Å². The van der Waals surface area contributed by atoms with E-state index in [0.717, 1.165) is 29.1 Å². The van der Waals surface area contributed by atoms with E-state index in [1.807, 2.05) is 35.7 Å². The van der Waals surface area contributed by atoms with Crippen LogP contribution in [0.5, 0.6) is 0 Å².